The van der Waals surface area contributed by atoms with Crippen molar-refractivity contribution in [1.29, 1.82) is 0 Å². The number of ether oxygens (including phenoxy) is 1. The van der Waals surface area contributed by atoms with Crippen molar-refractivity contribution >= 4 is 5.69 Å². The minimum atomic E-state index is -0.337. The molecule has 0 aromatic heterocycles. The molecule has 1 atom stereocenters. The van der Waals surface area contributed by atoms with Gasteiger partial charge in [0.15, 0.2) is 11.6 Å². The highest BCUT2D eigenvalue weighted by Crippen LogP contribution is 2.25. The predicted octanol–water partition coefficient (Wildman–Crippen LogP) is 4.57. The quantitative estimate of drug-likeness (QED) is 0.861. The van der Waals surface area contributed by atoms with Crippen LogP contribution in [-0.4, -0.2) is 7.11 Å². The highest BCUT2D eigenvalue weighted by atomic mass is 19.1. The molecule has 1 unspecified atom stereocenters. The van der Waals surface area contributed by atoms with Gasteiger partial charge in [-0.05, 0) is 48.7 Å². The lowest BCUT2D eigenvalue weighted by atomic mass is 10.1. The van der Waals surface area contributed by atoms with Gasteiger partial charge in [-0.2, -0.15) is 0 Å². The molecule has 2 aromatic rings. The fourth-order valence-electron chi connectivity index (χ4n) is 2.12. The summed E-state index contributed by atoms with van der Waals surface area (Å²) in [5.74, 6) is -0.0618. The fraction of sp³-hybridized carbons (Fsp3) is 0.294. The minimum absolute atomic E-state index is 0.0805. The van der Waals surface area contributed by atoms with Gasteiger partial charge >= 0.3 is 0 Å². The SMILES string of the molecule is CCc1ccc(NC(C)c2ccc(F)c(OC)c2)cc1. The lowest BCUT2D eigenvalue weighted by molar-refractivity contribution is 0.385. The highest BCUT2D eigenvalue weighted by Gasteiger charge is 2.09. The molecule has 0 saturated carbocycles. The molecule has 0 radical (unpaired) electrons. The third-order valence-electron chi connectivity index (χ3n) is 3.42. The number of hydrogen-bond donors (Lipinski definition) is 1. The van der Waals surface area contributed by atoms with Crippen LogP contribution in [0.1, 0.15) is 31.0 Å². The molecular formula is C17H20FNO. The maximum absolute atomic E-state index is 13.4. The van der Waals surface area contributed by atoms with E-state index < -0.39 is 0 Å². The molecule has 3 heteroatoms. The molecule has 0 bridgehead atoms. The van der Waals surface area contributed by atoms with Crippen molar-refractivity contribution in [3.05, 3.63) is 59.4 Å². The summed E-state index contributed by atoms with van der Waals surface area (Å²) in [6.07, 6.45) is 1.03. The Kier molecular flexibility index (Phi) is 4.61. The van der Waals surface area contributed by atoms with E-state index in [1.165, 1.54) is 18.7 Å². The van der Waals surface area contributed by atoms with Crippen LogP contribution in [0.4, 0.5) is 10.1 Å². The molecule has 20 heavy (non-hydrogen) atoms. The van der Waals surface area contributed by atoms with Crippen LogP contribution in [0, 0.1) is 5.82 Å². The summed E-state index contributed by atoms with van der Waals surface area (Å²) in [5, 5.41) is 3.40. The number of methoxy groups -OCH3 is 1. The van der Waals surface area contributed by atoms with Crippen LogP contribution in [0.15, 0.2) is 42.5 Å². The minimum Gasteiger partial charge on any atom is -0.494 e. The van der Waals surface area contributed by atoms with Gasteiger partial charge in [-0.1, -0.05) is 25.1 Å². The van der Waals surface area contributed by atoms with Crippen LogP contribution in [0.25, 0.3) is 0 Å². The van der Waals surface area contributed by atoms with Gasteiger partial charge in [0.25, 0.3) is 0 Å². The molecule has 0 aliphatic rings. The summed E-state index contributed by atoms with van der Waals surface area (Å²) >= 11 is 0. The molecule has 0 aliphatic heterocycles. The Hall–Kier alpha value is -2.03. The summed E-state index contributed by atoms with van der Waals surface area (Å²) < 4.78 is 18.4. The van der Waals surface area contributed by atoms with Gasteiger partial charge < -0.3 is 10.1 Å². The van der Waals surface area contributed by atoms with Gasteiger partial charge in [0, 0.05) is 11.7 Å². The third-order valence-corrected chi connectivity index (χ3v) is 3.42. The molecule has 0 fully saturated rings. The summed E-state index contributed by atoms with van der Waals surface area (Å²) in [7, 11) is 1.48. The van der Waals surface area contributed by atoms with Crippen LogP contribution in [0.5, 0.6) is 5.75 Å². The molecule has 0 amide bonds. The Morgan fingerprint density at radius 2 is 1.85 bits per heavy atom. The van der Waals surface area contributed by atoms with Crippen LogP contribution >= 0.6 is 0 Å². The zero-order valence-electron chi connectivity index (χ0n) is 12.1. The smallest absolute Gasteiger partial charge is 0.165 e. The van der Waals surface area contributed by atoms with E-state index in [1.807, 2.05) is 6.92 Å². The van der Waals surface area contributed by atoms with E-state index >= 15 is 0 Å². The standard InChI is InChI=1S/C17H20FNO/c1-4-13-5-8-15(9-6-13)19-12(2)14-7-10-16(18)17(11-14)20-3/h5-12,19H,4H2,1-3H3. The van der Waals surface area contributed by atoms with Crippen molar-refractivity contribution in [1.82, 2.24) is 0 Å². The second kappa shape index (κ2) is 6.42. The van der Waals surface area contributed by atoms with Crippen LogP contribution in [-0.2, 0) is 6.42 Å². The van der Waals surface area contributed by atoms with Crippen molar-refractivity contribution in [2.45, 2.75) is 26.3 Å². The van der Waals surface area contributed by atoms with Gasteiger partial charge in [-0.15, -0.1) is 0 Å². The molecule has 0 saturated heterocycles. The van der Waals surface area contributed by atoms with Crippen molar-refractivity contribution in [3.8, 4) is 5.75 Å². The maximum Gasteiger partial charge on any atom is 0.165 e. The summed E-state index contributed by atoms with van der Waals surface area (Å²) in [4.78, 5) is 0. The van der Waals surface area contributed by atoms with E-state index in [2.05, 4.69) is 36.5 Å². The molecule has 0 aliphatic carbocycles. The first-order valence-corrected chi connectivity index (χ1v) is 6.83. The molecule has 1 N–H and O–H groups in total. The maximum atomic E-state index is 13.4. The lowest BCUT2D eigenvalue weighted by Gasteiger charge is -2.17. The highest BCUT2D eigenvalue weighted by molar-refractivity contribution is 5.47. The van der Waals surface area contributed by atoms with Crippen LogP contribution in [0.2, 0.25) is 0 Å². The summed E-state index contributed by atoms with van der Waals surface area (Å²) in [6.45, 7) is 4.18. The number of hydrogen-bond acceptors (Lipinski definition) is 2. The average molecular weight is 273 g/mol. The second-order valence-electron chi connectivity index (χ2n) is 4.81. The number of nitrogens with one attached hydrogen (secondary N) is 1. The predicted molar refractivity (Wildman–Crippen MR) is 80.8 cm³/mol. The third kappa shape index (κ3) is 3.29. The van der Waals surface area contributed by atoms with Crippen LogP contribution < -0.4 is 10.1 Å². The Bertz CT molecular complexity index is 566. The van der Waals surface area contributed by atoms with Gasteiger partial charge in [-0.25, -0.2) is 4.39 Å². The van der Waals surface area contributed by atoms with E-state index in [9.17, 15) is 4.39 Å². The Morgan fingerprint density at radius 3 is 2.45 bits per heavy atom. The van der Waals surface area contributed by atoms with E-state index in [0.717, 1.165) is 17.7 Å². The van der Waals surface area contributed by atoms with Gasteiger partial charge in [0.05, 0.1) is 7.11 Å². The van der Waals surface area contributed by atoms with Crippen molar-refractivity contribution in [2.24, 2.45) is 0 Å². The molecule has 106 valence electrons. The number of anilines is 1. The Balaban J connectivity index is 2.12. The Labute approximate surface area is 119 Å². The molecule has 2 nitrogen and oxygen atoms in total. The normalized spacial score (nSPS) is 12.0. The number of halogens is 1. The molecule has 0 heterocycles. The van der Waals surface area contributed by atoms with Gasteiger partial charge in [0.2, 0.25) is 0 Å². The van der Waals surface area contributed by atoms with Gasteiger partial charge in [0.1, 0.15) is 0 Å². The zero-order valence-corrected chi connectivity index (χ0v) is 12.1. The second-order valence-corrected chi connectivity index (χ2v) is 4.81. The first-order valence-electron chi connectivity index (χ1n) is 6.83. The largest absolute Gasteiger partial charge is 0.494 e. The molecule has 2 rings (SSSR count). The lowest BCUT2D eigenvalue weighted by Crippen LogP contribution is -2.07. The van der Waals surface area contributed by atoms with Crippen molar-refractivity contribution in [2.75, 3.05) is 12.4 Å². The van der Waals surface area contributed by atoms with E-state index in [4.69, 9.17) is 4.74 Å². The van der Waals surface area contributed by atoms with E-state index in [-0.39, 0.29) is 17.6 Å². The van der Waals surface area contributed by atoms with Crippen molar-refractivity contribution < 1.29 is 9.13 Å². The van der Waals surface area contributed by atoms with E-state index in [1.54, 1.807) is 12.1 Å². The molecule has 2 aromatic carbocycles. The fourth-order valence-corrected chi connectivity index (χ4v) is 2.12. The topological polar surface area (TPSA) is 21.3 Å². The molecule has 0 spiro atoms. The number of benzene rings is 2. The monoisotopic (exact) mass is 273 g/mol. The Morgan fingerprint density at radius 1 is 1.15 bits per heavy atom. The van der Waals surface area contributed by atoms with Crippen molar-refractivity contribution in [3.63, 3.8) is 0 Å². The van der Waals surface area contributed by atoms with Crippen LogP contribution in [0.3, 0.4) is 0 Å². The zero-order chi connectivity index (χ0) is 14.5. The number of aryl methyl sites for hydroxylation is 1. The first kappa shape index (κ1) is 14.4. The summed E-state index contributed by atoms with van der Waals surface area (Å²) in [5.41, 5.74) is 3.35. The first-order chi connectivity index (χ1) is 9.63. The molecular weight excluding hydrogens is 253 g/mol. The average Bonchev–Trinajstić information content (AvgIpc) is 2.48. The van der Waals surface area contributed by atoms with Gasteiger partial charge in [-0.3, -0.25) is 0 Å². The van der Waals surface area contributed by atoms with E-state index in [0.29, 0.717) is 0 Å². The number of rotatable bonds is 5. The summed E-state index contributed by atoms with van der Waals surface area (Å²) in [6, 6.07) is 13.4.